The first-order valence-electron chi connectivity index (χ1n) is 8.83. The van der Waals surface area contributed by atoms with Gasteiger partial charge in [-0.1, -0.05) is 30.4 Å². The summed E-state index contributed by atoms with van der Waals surface area (Å²) in [5.41, 5.74) is 0.966. The molecule has 0 spiro atoms. The van der Waals surface area contributed by atoms with Crippen molar-refractivity contribution in [2.45, 2.75) is 19.9 Å². The molecule has 1 N–H and O–H groups in total. The van der Waals surface area contributed by atoms with Crippen LogP contribution in [-0.2, 0) is 0 Å². The van der Waals surface area contributed by atoms with Gasteiger partial charge in [-0.2, -0.15) is 4.52 Å². The van der Waals surface area contributed by atoms with Crippen molar-refractivity contribution in [1.82, 2.24) is 24.4 Å². The van der Waals surface area contributed by atoms with Crippen molar-refractivity contribution in [2.24, 2.45) is 0 Å². The highest BCUT2D eigenvalue weighted by Gasteiger charge is 2.31. The van der Waals surface area contributed by atoms with Crippen LogP contribution in [0, 0.1) is 12.7 Å². The van der Waals surface area contributed by atoms with Crippen molar-refractivity contribution in [3.05, 3.63) is 46.3 Å². The van der Waals surface area contributed by atoms with Crippen LogP contribution in [0.25, 0.3) is 4.96 Å². The minimum absolute atomic E-state index is 0.123. The third-order valence-electron chi connectivity index (χ3n) is 4.96. The van der Waals surface area contributed by atoms with E-state index >= 15 is 0 Å². The van der Waals surface area contributed by atoms with Gasteiger partial charge < -0.3 is 10.0 Å². The fourth-order valence-electron chi connectivity index (χ4n) is 3.54. The number of aromatic nitrogens is 3. The molecule has 6 nitrogen and oxygen atoms in total. The average Bonchev–Trinajstić information content (AvgIpc) is 3.15. The SMILES string of the molecule is CCN1CCN(C(c2ccc(F)cc2)c2sc3nc(C)nn3c2O)CC1. The van der Waals surface area contributed by atoms with Crippen LogP contribution in [-0.4, -0.2) is 62.2 Å². The second-order valence-electron chi connectivity index (χ2n) is 6.57. The predicted molar refractivity (Wildman–Crippen MR) is 99.2 cm³/mol. The standard InChI is InChI=1S/C18H22FN5OS/c1-3-22-8-10-23(11-9-22)15(13-4-6-14(19)7-5-13)16-17(25)24-18(26-16)20-12(2)21-24/h4-7,15,25H,3,8-11H2,1-2H3. The van der Waals surface area contributed by atoms with Gasteiger partial charge in [0, 0.05) is 26.2 Å². The number of hydrogen-bond donors (Lipinski definition) is 1. The molecule has 8 heteroatoms. The van der Waals surface area contributed by atoms with Gasteiger partial charge in [-0.25, -0.2) is 9.37 Å². The van der Waals surface area contributed by atoms with E-state index in [0.29, 0.717) is 10.8 Å². The lowest BCUT2D eigenvalue weighted by Gasteiger charge is -2.38. The molecule has 0 amide bonds. The number of benzene rings is 1. The van der Waals surface area contributed by atoms with Gasteiger partial charge in [-0.15, -0.1) is 5.10 Å². The van der Waals surface area contributed by atoms with Crippen LogP contribution in [0.4, 0.5) is 4.39 Å². The maximum absolute atomic E-state index is 13.4. The van der Waals surface area contributed by atoms with Crippen LogP contribution < -0.4 is 0 Å². The van der Waals surface area contributed by atoms with E-state index in [1.807, 2.05) is 0 Å². The molecule has 2 aromatic heterocycles. The number of rotatable bonds is 4. The number of likely N-dealkylation sites (N-methyl/N-ethyl adjacent to an activating group) is 1. The quantitative estimate of drug-likeness (QED) is 0.760. The second-order valence-corrected chi connectivity index (χ2v) is 7.58. The number of aromatic hydroxyl groups is 1. The number of piperazine rings is 1. The fourth-order valence-corrected chi connectivity index (χ4v) is 4.70. The summed E-state index contributed by atoms with van der Waals surface area (Å²) in [7, 11) is 0. The van der Waals surface area contributed by atoms with E-state index in [2.05, 4.69) is 26.8 Å². The zero-order valence-corrected chi connectivity index (χ0v) is 15.7. The molecule has 1 aliphatic heterocycles. The Morgan fingerprint density at radius 1 is 1.19 bits per heavy atom. The first-order valence-corrected chi connectivity index (χ1v) is 9.65. The van der Waals surface area contributed by atoms with Gasteiger partial charge in [0.2, 0.25) is 10.8 Å². The molecule has 3 aromatic rings. The molecule has 26 heavy (non-hydrogen) atoms. The average molecular weight is 375 g/mol. The van der Waals surface area contributed by atoms with Crippen molar-refractivity contribution in [3.63, 3.8) is 0 Å². The van der Waals surface area contributed by atoms with E-state index in [0.717, 1.165) is 43.2 Å². The second kappa shape index (κ2) is 6.94. The Morgan fingerprint density at radius 3 is 2.50 bits per heavy atom. The summed E-state index contributed by atoms with van der Waals surface area (Å²) in [5, 5.41) is 15.1. The van der Waals surface area contributed by atoms with Crippen molar-refractivity contribution in [2.75, 3.05) is 32.7 Å². The Bertz CT molecular complexity index is 898. The molecule has 0 saturated carbocycles. The largest absolute Gasteiger partial charge is 0.492 e. The van der Waals surface area contributed by atoms with Gasteiger partial charge >= 0.3 is 0 Å². The van der Waals surface area contributed by atoms with E-state index in [1.165, 1.54) is 28.0 Å². The summed E-state index contributed by atoms with van der Waals surface area (Å²) >= 11 is 1.44. The molecule has 138 valence electrons. The first-order chi connectivity index (χ1) is 12.6. The topological polar surface area (TPSA) is 56.9 Å². The van der Waals surface area contributed by atoms with Crippen molar-refractivity contribution in [1.29, 1.82) is 0 Å². The highest BCUT2D eigenvalue weighted by molar-refractivity contribution is 7.17. The van der Waals surface area contributed by atoms with Gasteiger partial charge in [0.25, 0.3) is 0 Å². The van der Waals surface area contributed by atoms with Crippen LogP contribution >= 0.6 is 11.3 Å². The maximum Gasteiger partial charge on any atom is 0.230 e. The van der Waals surface area contributed by atoms with Crippen LogP contribution in [0.2, 0.25) is 0 Å². The molecule has 1 fully saturated rings. The summed E-state index contributed by atoms with van der Waals surface area (Å²) in [5.74, 6) is 0.497. The lowest BCUT2D eigenvalue weighted by atomic mass is 10.0. The normalized spacial score (nSPS) is 17.8. The Kier molecular flexibility index (Phi) is 4.64. The summed E-state index contributed by atoms with van der Waals surface area (Å²) in [4.78, 5) is 10.6. The maximum atomic E-state index is 13.4. The zero-order valence-electron chi connectivity index (χ0n) is 14.9. The van der Waals surface area contributed by atoms with E-state index in [4.69, 9.17) is 0 Å². The Balaban J connectivity index is 1.75. The highest BCUT2D eigenvalue weighted by atomic mass is 32.1. The molecule has 1 unspecified atom stereocenters. The van der Waals surface area contributed by atoms with Crippen LogP contribution in [0.15, 0.2) is 24.3 Å². The fraction of sp³-hybridized carbons (Fsp3) is 0.444. The Morgan fingerprint density at radius 2 is 1.88 bits per heavy atom. The summed E-state index contributed by atoms with van der Waals surface area (Å²) in [6.45, 7) is 8.76. The van der Waals surface area contributed by atoms with E-state index in [1.54, 1.807) is 19.1 Å². The Labute approximate surface area is 155 Å². The highest BCUT2D eigenvalue weighted by Crippen LogP contribution is 2.40. The van der Waals surface area contributed by atoms with E-state index < -0.39 is 0 Å². The third-order valence-corrected chi connectivity index (χ3v) is 6.03. The number of hydrogen-bond acceptors (Lipinski definition) is 6. The van der Waals surface area contributed by atoms with Gasteiger partial charge in [0.1, 0.15) is 11.6 Å². The molecular weight excluding hydrogens is 353 g/mol. The third kappa shape index (κ3) is 3.08. The molecule has 1 aromatic carbocycles. The van der Waals surface area contributed by atoms with Gasteiger partial charge in [0.05, 0.1) is 10.9 Å². The van der Waals surface area contributed by atoms with Crippen LogP contribution in [0.5, 0.6) is 5.88 Å². The minimum atomic E-state index is -0.259. The lowest BCUT2D eigenvalue weighted by molar-refractivity contribution is 0.113. The van der Waals surface area contributed by atoms with E-state index in [9.17, 15) is 9.50 Å². The van der Waals surface area contributed by atoms with Crippen LogP contribution in [0.3, 0.4) is 0 Å². The smallest absolute Gasteiger partial charge is 0.230 e. The number of nitrogens with zero attached hydrogens (tertiary/aromatic N) is 5. The number of fused-ring (bicyclic) bond motifs is 1. The molecule has 0 radical (unpaired) electrons. The molecule has 0 bridgehead atoms. The van der Waals surface area contributed by atoms with Gasteiger partial charge in [-0.3, -0.25) is 4.90 Å². The monoisotopic (exact) mass is 375 g/mol. The zero-order chi connectivity index (χ0) is 18.3. The van der Waals surface area contributed by atoms with Gasteiger partial charge in [-0.05, 0) is 31.2 Å². The van der Waals surface area contributed by atoms with E-state index in [-0.39, 0.29) is 17.7 Å². The van der Waals surface area contributed by atoms with Crippen molar-refractivity contribution < 1.29 is 9.50 Å². The summed E-state index contributed by atoms with van der Waals surface area (Å²) in [6, 6.07) is 6.41. The van der Waals surface area contributed by atoms with Gasteiger partial charge in [0.15, 0.2) is 0 Å². The Hall–Kier alpha value is -2.03. The molecule has 1 aliphatic rings. The molecule has 4 rings (SSSR count). The number of aryl methyl sites for hydroxylation is 1. The summed E-state index contributed by atoms with van der Waals surface area (Å²) < 4.78 is 14.9. The lowest BCUT2D eigenvalue weighted by Crippen LogP contribution is -2.47. The summed E-state index contributed by atoms with van der Waals surface area (Å²) in [6.07, 6.45) is 0. The molecule has 3 heterocycles. The molecule has 0 aliphatic carbocycles. The van der Waals surface area contributed by atoms with Crippen LogP contribution in [0.1, 0.15) is 29.2 Å². The van der Waals surface area contributed by atoms with Crippen molar-refractivity contribution >= 4 is 16.3 Å². The minimum Gasteiger partial charge on any atom is -0.492 e. The molecular formula is C18H22FN5OS. The number of thiazole rings is 1. The number of halogens is 1. The predicted octanol–water partition coefficient (Wildman–Crippen LogP) is 2.67. The van der Waals surface area contributed by atoms with Crippen molar-refractivity contribution in [3.8, 4) is 5.88 Å². The first kappa shape index (κ1) is 17.4. The molecule has 1 atom stereocenters. The molecule has 1 saturated heterocycles.